The third-order valence-corrected chi connectivity index (χ3v) is 3.69. The molecule has 2 aliphatic rings. The minimum Gasteiger partial charge on any atom is -0.464 e. The normalized spacial score (nSPS) is 26.2. The number of halogens is 2. The number of carbonyl (C=O) groups is 1. The van der Waals surface area contributed by atoms with Crippen LogP contribution in [0.4, 0.5) is 8.78 Å². The first kappa shape index (κ1) is 12.7. The minimum absolute atomic E-state index is 0.00677. The zero-order chi connectivity index (χ0) is 12.9. The zero-order valence-electron chi connectivity index (χ0n) is 10.3. The highest BCUT2D eigenvalue weighted by Gasteiger charge is 2.61. The van der Waals surface area contributed by atoms with Crippen LogP contribution >= 0.6 is 0 Å². The van der Waals surface area contributed by atoms with E-state index < -0.39 is 17.4 Å². The Labute approximate surface area is 99.7 Å². The van der Waals surface area contributed by atoms with Crippen LogP contribution in [0.3, 0.4) is 0 Å². The lowest BCUT2D eigenvalue weighted by Crippen LogP contribution is -2.54. The van der Waals surface area contributed by atoms with Gasteiger partial charge in [0.1, 0.15) is 5.54 Å². The van der Waals surface area contributed by atoms with E-state index >= 15 is 0 Å². The lowest BCUT2D eigenvalue weighted by Gasteiger charge is -2.57. The minimum atomic E-state index is -2.46. The summed E-state index contributed by atoms with van der Waals surface area (Å²) < 4.78 is 30.6. The molecule has 2 fully saturated rings. The second kappa shape index (κ2) is 3.64. The monoisotopic (exact) mass is 247 g/mol. The summed E-state index contributed by atoms with van der Waals surface area (Å²) in [6, 6.07) is 0. The first-order valence-corrected chi connectivity index (χ1v) is 5.96. The van der Waals surface area contributed by atoms with Gasteiger partial charge in [0.05, 0.1) is 6.61 Å². The maximum absolute atomic E-state index is 12.7. The Hall–Kier alpha value is -0.710. The number of ether oxygens (including phenoxy) is 1. The number of nitrogens with two attached hydrogens (primary N) is 1. The largest absolute Gasteiger partial charge is 0.464 e. The number of rotatable bonds is 3. The Morgan fingerprint density at radius 2 is 1.94 bits per heavy atom. The molecule has 5 heteroatoms. The van der Waals surface area contributed by atoms with Gasteiger partial charge in [-0.3, -0.25) is 4.79 Å². The molecule has 2 saturated carbocycles. The van der Waals surface area contributed by atoms with Crippen LogP contribution in [-0.4, -0.2) is 24.0 Å². The van der Waals surface area contributed by atoms with E-state index in [-0.39, 0.29) is 24.2 Å². The Morgan fingerprint density at radius 3 is 2.35 bits per heavy atom. The van der Waals surface area contributed by atoms with E-state index in [0.29, 0.717) is 6.61 Å². The molecule has 0 radical (unpaired) electrons. The van der Waals surface area contributed by atoms with Gasteiger partial charge >= 0.3 is 5.97 Å². The second-order valence-corrected chi connectivity index (χ2v) is 6.30. The molecule has 0 aromatic heterocycles. The van der Waals surface area contributed by atoms with Crippen LogP contribution < -0.4 is 5.73 Å². The molecule has 2 rings (SSSR count). The molecule has 0 unspecified atom stereocenters. The summed E-state index contributed by atoms with van der Waals surface area (Å²) in [5, 5.41) is 0. The van der Waals surface area contributed by atoms with Crippen LogP contribution in [0.5, 0.6) is 0 Å². The Balaban J connectivity index is 1.67. The summed E-state index contributed by atoms with van der Waals surface area (Å²) in [5.74, 6) is -2.66. The molecule has 17 heavy (non-hydrogen) atoms. The van der Waals surface area contributed by atoms with Gasteiger partial charge in [-0.15, -0.1) is 0 Å². The van der Waals surface area contributed by atoms with Gasteiger partial charge in [-0.2, -0.15) is 0 Å². The Bertz CT molecular complexity index is 320. The van der Waals surface area contributed by atoms with E-state index in [1.165, 1.54) is 0 Å². The third-order valence-electron chi connectivity index (χ3n) is 3.69. The molecule has 0 atom stereocenters. The van der Waals surface area contributed by atoms with Crippen LogP contribution in [-0.2, 0) is 9.53 Å². The highest BCUT2D eigenvalue weighted by molar-refractivity contribution is 5.79. The predicted molar refractivity (Wildman–Crippen MR) is 58.6 cm³/mol. The predicted octanol–water partition coefficient (Wildman–Crippen LogP) is 2.09. The molecular weight excluding hydrogens is 228 g/mol. The summed E-state index contributed by atoms with van der Waals surface area (Å²) in [7, 11) is 0. The van der Waals surface area contributed by atoms with Crippen molar-refractivity contribution in [1.82, 2.24) is 0 Å². The first-order chi connectivity index (χ1) is 7.62. The molecule has 0 aromatic carbocycles. The molecular formula is C12H19F2NO2. The number of carbonyl (C=O) groups excluding carboxylic acids is 1. The van der Waals surface area contributed by atoms with Crippen molar-refractivity contribution >= 4 is 5.97 Å². The van der Waals surface area contributed by atoms with Crippen molar-refractivity contribution in [2.24, 2.45) is 17.1 Å². The average Bonchev–Trinajstić information content (AvgIpc) is 2.04. The molecule has 0 bridgehead atoms. The third kappa shape index (κ3) is 2.59. The lowest BCUT2D eigenvalue weighted by atomic mass is 9.50. The van der Waals surface area contributed by atoms with E-state index in [0.717, 1.165) is 12.8 Å². The van der Waals surface area contributed by atoms with Crippen molar-refractivity contribution < 1.29 is 18.3 Å². The van der Waals surface area contributed by atoms with Crippen molar-refractivity contribution in [3.8, 4) is 0 Å². The van der Waals surface area contributed by atoms with E-state index in [2.05, 4.69) is 0 Å². The number of alkyl halides is 2. The number of hydrogen-bond acceptors (Lipinski definition) is 3. The van der Waals surface area contributed by atoms with Gasteiger partial charge < -0.3 is 10.5 Å². The first-order valence-electron chi connectivity index (χ1n) is 5.96. The van der Waals surface area contributed by atoms with Crippen LogP contribution in [0, 0.1) is 11.3 Å². The van der Waals surface area contributed by atoms with E-state index in [4.69, 9.17) is 10.5 Å². The highest BCUT2D eigenvalue weighted by atomic mass is 19.3. The van der Waals surface area contributed by atoms with Gasteiger partial charge in [-0.25, -0.2) is 8.78 Å². The summed E-state index contributed by atoms with van der Waals surface area (Å²) in [4.78, 5) is 11.4. The van der Waals surface area contributed by atoms with Crippen molar-refractivity contribution in [1.29, 1.82) is 0 Å². The van der Waals surface area contributed by atoms with Crippen LogP contribution in [0.25, 0.3) is 0 Å². The Morgan fingerprint density at radius 1 is 1.41 bits per heavy atom. The molecule has 0 heterocycles. The van der Waals surface area contributed by atoms with Gasteiger partial charge in [0.25, 0.3) is 0 Å². The van der Waals surface area contributed by atoms with Crippen molar-refractivity contribution in [2.75, 3.05) is 6.61 Å². The quantitative estimate of drug-likeness (QED) is 0.777. The molecule has 98 valence electrons. The maximum atomic E-state index is 12.7. The van der Waals surface area contributed by atoms with Gasteiger partial charge in [0.15, 0.2) is 0 Å². The number of esters is 1. The van der Waals surface area contributed by atoms with Gasteiger partial charge in [-0.05, 0) is 38.0 Å². The fourth-order valence-electron chi connectivity index (χ4n) is 3.00. The molecule has 2 aliphatic carbocycles. The average molecular weight is 247 g/mol. The highest BCUT2D eigenvalue weighted by Crippen LogP contribution is 2.64. The topological polar surface area (TPSA) is 52.3 Å². The van der Waals surface area contributed by atoms with Crippen molar-refractivity contribution in [3.05, 3.63) is 0 Å². The fourth-order valence-corrected chi connectivity index (χ4v) is 3.00. The summed E-state index contributed by atoms with van der Waals surface area (Å²) in [5.41, 5.74) is 4.44. The van der Waals surface area contributed by atoms with Crippen molar-refractivity contribution in [3.63, 3.8) is 0 Å². The molecule has 3 nitrogen and oxygen atoms in total. The molecule has 1 spiro atoms. The number of hydrogen-bond donors (Lipinski definition) is 1. The summed E-state index contributed by atoms with van der Waals surface area (Å²) in [6.07, 6.45) is 1.52. The summed E-state index contributed by atoms with van der Waals surface area (Å²) in [6.45, 7) is 3.49. The van der Waals surface area contributed by atoms with Crippen LogP contribution in [0.2, 0.25) is 0 Å². The smallest absolute Gasteiger partial charge is 0.325 e. The van der Waals surface area contributed by atoms with E-state index in [1.807, 2.05) is 0 Å². The summed E-state index contributed by atoms with van der Waals surface area (Å²) >= 11 is 0. The van der Waals surface area contributed by atoms with Crippen LogP contribution in [0.1, 0.15) is 39.5 Å². The SMILES string of the molecule is CC(C)(N)C(=O)OCC1CC2(C1)CC(F)(F)C2. The molecule has 0 amide bonds. The lowest BCUT2D eigenvalue weighted by molar-refractivity contribution is -0.213. The maximum Gasteiger partial charge on any atom is 0.325 e. The van der Waals surface area contributed by atoms with Crippen LogP contribution in [0.15, 0.2) is 0 Å². The standard InChI is InChI=1S/C12H19F2NO2/c1-10(2,15)9(16)17-5-8-3-11(4-8)6-12(13,14)7-11/h8H,3-7,15H2,1-2H3. The van der Waals surface area contributed by atoms with E-state index in [9.17, 15) is 13.6 Å². The van der Waals surface area contributed by atoms with E-state index in [1.54, 1.807) is 13.8 Å². The van der Waals surface area contributed by atoms with Gasteiger partial charge in [0, 0.05) is 12.8 Å². The zero-order valence-corrected chi connectivity index (χ0v) is 10.3. The van der Waals surface area contributed by atoms with Crippen molar-refractivity contribution in [2.45, 2.75) is 51.0 Å². The molecule has 0 aromatic rings. The fraction of sp³-hybridized carbons (Fsp3) is 0.917. The second-order valence-electron chi connectivity index (χ2n) is 6.30. The molecule has 0 aliphatic heterocycles. The van der Waals surface area contributed by atoms with Gasteiger partial charge in [-0.1, -0.05) is 0 Å². The molecule has 0 saturated heterocycles. The molecule has 2 N–H and O–H groups in total. The van der Waals surface area contributed by atoms with Gasteiger partial charge in [0.2, 0.25) is 5.92 Å². The Kier molecular flexibility index (Phi) is 2.73.